The predicted molar refractivity (Wildman–Crippen MR) is 96.5 cm³/mol. The number of aromatic nitrogens is 2. The van der Waals surface area contributed by atoms with E-state index in [-0.39, 0.29) is 17.4 Å². The Hall–Kier alpha value is -2.17. The Morgan fingerprint density at radius 3 is 2.62 bits per heavy atom. The van der Waals surface area contributed by atoms with Crippen LogP contribution < -0.4 is 0 Å². The normalized spacial score (nSPS) is 24.9. The molecule has 1 atom stereocenters. The van der Waals surface area contributed by atoms with E-state index in [2.05, 4.69) is 27.2 Å². The van der Waals surface area contributed by atoms with Crippen LogP contribution in [0.2, 0.25) is 0 Å². The van der Waals surface area contributed by atoms with Gasteiger partial charge in [-0.25, -0.2) is 0 Å². The van der Waals surface area contributed by atoms with E-state index >= 15 is 0 Å². The first-order valence-corrected chi connectivity index (χ1v) is 9.98. The molecule has 1 unspecified atom stereocenters. The smallest absolute Gasteiger partial charge is 0.249 e. The molecular formula is C21H25N3O2. The molecule has 5 nitrogen and oxygen atoms in total. The van der Waals surface area contributed by atoms with E-state index in [0.717, 1.165) is 69.3 Å². The van der Waals surface area contributed by atoms with Gasteiger partial charge in [0.2, 0.25) is 11.8 Å². The summed E-state index contributed by atoms with van der Waals surface area (Å²) in [6, 6.07) is 10.2. The summed E-state index contributed by atoms with van der Waals surface area (Å²) in [6.45, 7) is 0.791. The van der Waals surface area contributed by atoms with Crippen molar-refractivity contribution in [2.75, 3.05) is 6.54 Å². The molecule has 0 bridgehead atoms. The first-order chi connectivity index (χ1) is 12.8. The Morgan fingerprint density at radius 2 is 1.88 bits per heavy atom. The van der Waals surface area contributed by atoms with Crippen molar-refractivity contribution < 1.29 is 9.32 Å². The summed E-state index contributed by atoms with van der Waals surface area (Å²) in [5.41, 5.74) is 0.820. The molecule has 2 aromatic rings. The van der Waals surface area contributed by atoms with E-state index in [0.29, 0.717) is 11.8 Å². The molecule has 1 aromatic carbocycles. The number of rotatable bonds is 4. The molecule has 2 aliphatic carbocycles. The summed E-state index contributed by atoms with van der Waals surface area (Å²) in [5, 5.41) is 4.19. The highest BCUT2D eigenvalue weighted by atomic mass is 16.5. The lowest BCUT2D eigenvalue weighted by Gasteiger charge is -2.31. The molecule has 5 heteroatoms. The first-order valence-electron chi connectivity index (χ1n) is 9.98. The largest absolute Gasteiger partial charge is 0.337 e. The highest BCUT2D eigenvalue weighted by Gasteiger charge is 2.54. The predicted octanol–water partition coefficient (Wildman–Crippen LogP) is 4.12. The number of hydrogen-bond acceptors (Lipinski definition) is 4. The van der Waals surface area contributed by atoms with Crippen LogP contribution in [0.15, 0.2) is 34.9 Å². The topological polar surface area (TPSA) is 59.2 Å². The van der Waals surface area contributed by atoms with Crippen LogP contribution in [0.3, 0.4) is 0 Å². The fourth-order valence-electron chi connectivity index (χ4n) is 4.28. The number of benzene rings is 1. The first kappa shape index (κ1) is 16.0. The minimum atomic E-state index is -0.330. The third-order valence-corrected chi connectivity index (χ3v) is 6.18. The minimum Gasteiger partial charge on any atom is -0.337 e. The van der Waals surface area contributed by atoms with Gasteiger partial charge in [-0.3, -0.25) is 4.79 Å². The Bertz CT molecular complexity index is 793. The van der Waals surface area contributed by atoms with Crippen molar-refractivity contribution in [2.45, 2.75) is 68.7 Å². The number of amides is 1. The zero-order valence-electron chi connectivity index (χ0n) is 15.1. The molecule has 1 amide bonds. The van der Waals surface area contributed by atoms with Gasteiger partial charge >= 0.3 is 0 Å². The lowest BCUT2D eigenvalue weighted by molar-refractivity contribution is -0.137. The van der Waals surface area contributed by atoms with Crippen molar-refractivity contribution in [2.24, 2.45) is 0 Å². The molecule has 2 heterocycles. The maximum Gasteiger partial charge on any atom is 0.249 e. The van der Waals surface area contributed by atoms with Gasteiger partial charge < -0.3 is 9.42 Å². The number of carbonyl (C=O) groups excluding carboxylic acids is 1. The van der Waals surface area contributed by atoms with Gasteiger partial charge in [-0.1, -0.05) is 48.3 Å². The van der Waals surface area contributed by atoms with E-state index in [9.17, 15) is 4.79 Å². The maximum atomic E-state index is 13.6. The van der Waals surface area contributed by atoms with Crippen LogP contribution in [-0.2, 0) is 10.2 Å². The van der Waals surface area contributed by atoms with E-state index < -0.39 is 0 Å². The Morgan fingerprint density at radius 1 is 1.08 bits per heavy atom. The summed E-state index contributed by atoms with van der Waals surface area (Å²) in [7, 11) is 0. The molecule has 3 aliphatic rings. The van der Waals surface area contributed by atoms with Crippen LogP contribution in [0.4, 0.5) is 0 Å². The molecule has 136 valence electrons. The molecule has 26 heavy (non-hydrogen) atoms. The van der Waals surface area contributed by atoms with E-state index in [1.165, 1.54) is 0 Å². The Labute approximate surface area is 153 Å². The van der Waals surface area contributed by atoms with Crippen LogP contribution in [0.25, 0.3) is 0 Å². The number of hydrogen-bond donors (Lipinski definition) is 0. The van der Waals surface area contributed by atoms with Gasteiger partial charge in [-0.15, -0.1) is 0 Å². The van der Waals surface area contributed by atoms with Crippen molar-refractivity contribution in [3.63, 3.8) is 0 Å². The van der Waals surface area contributed by atoms with Crippen molar-refractivity contribution in [3.8, 4) is 0 Å². The van der Waals surface area contributed by atoms with Crippen molar-refractivity contribution in [3.05, 3.63) is 47.6 Å². The molecule has 3 fully saturated rings. The average molecular weight is 351 g/mol. The molecular weight excluding hydrogens is 326 g/mol. The van der Waals surface area contributed by atoms with Crippen LogP contribution in [0.5, 0.6) is 0 Å². The van der Waals surface area contributed by atoms with Crippen LogP contribution in [-0.4, -0.2) is 27.5 Å². The van der Waals surface area contributed by atoms with E-state index in [1.807, 2.05) is 18.2 Å². The van der Waals surface area contributed by atoms with E-state index in [1.54, 1.807) is 0 Å². The molecule has 2 saturated carbocycles. The number of likely N-dealkylation sites (tertiary alicyclic amines) is 1. The highest BCUT2D eigenvalue weighted by Crippen LogP contribution is 2.51. The lowest BCUT2D eigenvalue weighted by atomic mass is 9.93. The molecule has 1 saturated heterocycles. The minimum absolute atomic E-state index is 0.0637. The second kappa shape index (κ2) is 6.22. The van der Waals surface area contributed by atoms with Gasteiger partial charge in [0.15, 0.2) is 5.82 Å². The molecule has 1 aliphatic heterocycles. The van der Waals surface area contributed by atoms with Crippen LogP contribution in [0, 0.1) is 0 Å². The standard InChI is InChI=1S/C21H25N3O2/c25-20(21(12-13-21)16-7-3-1-4-8-16)24-14-6-2-5-9-17(24)19-22-18(23-26-19)15-10-11-15/h1,3-4,7-8,15,17H,2,5-6,9-14H2. The Kier molecular flexibility index (Phi) is 3.84. The zero-order chi connectivity index (χ0) is 17.6. The maximum absolute atomic E-state index is 13.6. The van der Waals surface area contributed by atoms with Crippen molar-refractivity contribution in [1.29, 1.82) is 0 Å². The fourth-order valence-corrected chi connectivity index (χ4v) is 4.28. The molecule has 0 spiro atoms. The Balaban J connectivity index is 1.45. The van der Waals surface area contributed by atoms with Crippen LogP contribution >= 0.6 is 0 Å². The second-order valence-electron chi connectivity index (χ2n) is 8.08. The zero-order valence-corrected chi connectivity index (χ0v) is 15.1. The summed E-state index contributed by atoms with van der Waals surface area (Å²) >= 11 is 0. The monoisotopic (exact) mass is 351 g/mol. The van der Waals surface area contributed by atoms with Gasteiger partial charge in [0.25, 0.3) is 0 Å². The van der Waals surface area contributed by atoms with Crippen molar-refractivity contribution in [1.82, 2.24) is 15.0 Å². The molecule has 5 rings (SSSR count). The fraction of sp³-hybridized carbons (Fsp3) is 0.571. The van der Waals surface area contributed by atoms with Gasteiger partial charge in [-0.05, 0) is 44.1 Å². The van der Waals surface area contributed by atoms with Crippen LogP contribution in [0.1, 0.15) is 80.6 Å². The lowest BCUT2D eigenvalue weighted by Crippen LogP contribution is -2.41. The third kappa shape index (κ3) is 2.74. The quantitative estimate of drug-likeness (QED) is 0.831. The molecule has 1 aromatic heterocycles. The summed E-state index contributed by atoms with van der Waals surface area (Å²) < 4.78 is 5.63. The average Bonchev–Trinajstić information content (AvgIpc) is 3.60. The third-order valence-electron chi connectivity index (χ3n) is 6.18. The summed E-state index contributed by atoms with van der Waals surface area (Å²) in [4.78, 5) is 20.3. The summed E-state index contributed by atoms with van der Waals surface area (Å²) in [6.07, 6.45) is 8.43. The molecule has 0 N–H and O–H groups in total. The van der Waals surface area contributed by atoms with Gasteiger partial charge in [0.05, 0.1) is 5.41 Å². The van der Waals surface area contributed by atoms with E-state index in [4.69, 9.17) is 4.52 Å². The van der Waals surface area contributed by atoms with Crippen molar-refractivity contribution >= 4 is 5.91 Å². The summed E-state index contributed by atoms with van der Waals surface area (Å²) in [5.74, 6) is 2.20. The SMILES string of the molecule is O=C(N1CCCCCC1c1nc(C2CC2)no1)C1(c2ccccc2)CC1. The van der Waals surface area contributed by atoms with Gasteiger partial charge in [0.1, 0.15) is 6.04 Å². The highest BCUT2D eigenvalue weighted by molar-refractivity contribution is 5.91. The number of carbonyl (C=O) groups is 1. The molecule has 0 radical (unpaired) electrons. The number of nitrogens with zero attached hydrogens (tertiary/aromatic N) is 3. The van der Waals surface area contributed by atoms with Gasteiger partial charge in [0, 0.05) is 12.5 Å². The van der Waals surface area contributed by atoms with Gasteiger partial charge in [-0.2, -0.15) is 4.98 Å². The second-order valence-corrected chi connectivity index (χ2v) is 8.08.